The first kappa shape index (κ1) is 20.5. The molecular weight excluding hydrogens is 368 g/mol. The van der Waals surface area contributed by atoms with Crippen LogP contribution >= 0.6 is 0 Å². The van der Waals surface area contributed by atoms with Gasteiger partial charge < -0.3 is 25.2 Å². The Kier molecular flexibility index (Phi) is 6.94. The number of hydrogen-bond donors (Lipinski definition) is 2. The summed E-state index contributed by atoms with van der Waals surface area (Å²) in [4.78, 5) is 27.5. The van der Waals surface area contributed by atoms with Crippen LogP contribution in [0.5, 0.6) is 0 Å². The Labute approximate surface area is 171 Å². The Bertz CT molecular complexity index is 811. The Balaban J connectivity index is 1.41. The van der Waals surface area contributed by atoms with Gasteiger partial charge in [0.1, 0.15) is 0 Å². The predicted octanol–water partition coefficient (Wildman–Crippen LogP) is 3.53. The Morgan fingerprint density at radius 2 is 1.86 bits per heavy atom. The van der Waals surface area contributed by atoms with E-state index in [4.69, 9.17) is 0 Å². The van der Waals surface area contributed by atoms with Crippen molar-refractivity contribution in [3.8, 4) is 0 Å². The van der Waals surface area contributed by atoms with Gasteiger partial charge in [0.05, 0.1) is 7.11 Å². The highest BCUT2D eigenvalue weighted by atomic mass is 16.5. The summed E-state index contributed by atoms with van der Waals surface area (Å²) in [6.07, 6.45) is 0.682. The summed E-state index contributed by atoms with van der Waals surface area (Å²) in [6, 6.07) is 17.6. The van der Waals surface area contributed by atoms with E-state index in [1.54, 1.807) is 7.05 Å². The quantitative estimate of drug-likeness (QED) is 0.783. The second kappa shape index (κ2) is 9.82. The number of ether oxygens (including phenoxy) is 1. The highest BCUT2D eigenvalue weighted by Crippen LogP contribution is 2.23. The molecule has 0 aliphatic carbocycles. The average molecular weight is 396 g/mol. The molecule has 0 unspecified atom stereocenters. The highest BCUT2D eigenvalue weighted by molar-refractivity contribution is 5.89. The number of urea groups is 1. The highest BCUT2D eigenvalue weighted by Gasteiger charge is 2.22. The van der Waals surface area contributed by atoms with E-state index in [1.165, 1.54) is 17.7 Å². The van der Waals surface area contributed by atoms with E-state index in [-0.39, 0.29) is 12.1 Å². The number of amides is 3. The van der Waals surface area contributed by atoms with E-state index < -0.39 is 0 Å². The lowest BCUT2D eigenvalue weighted by molar-refractivity contribution is 0.131. The van der Waals surface area contributed by atoms with Crippen molar-refractivity contribution >= 4 is 23.5 Å². The normalized spacial score (nSPS) is 15.7. The molecule has 7 heteroatoms. The number of carbonyl (C=O) groups excluding carboxylic acids is 2. The zero-order valence-corrected chi connectivity index (χ0v) is 16.9. The van der Waals surface area contributed by atoms with E-state index in [0.29, 0.717) is 24.7 Å². The minimum atomic E-state index is -0.385. The molecule has 0 saturated carbocycles. The lowest BCUT2D eigenvalue weighted by Gasteiger charge is -2.18. The summed E-state index contributed by atoms with van der Waals surface area (Å²) in [5, 5.41) is 5.82. The molecular formula is C22H28N4O3. The number of benzene rings is 2. The first-order valence-corrected chi connectivity index (χ1v) is 9.78. The van der Waals surface area contributed by atoms with Gasteiger partial charge >= 0.3 is 12.1 Å². The Hall–Kier alpha value is -3.22. The summed E-state index contributed by atoms with van der Waals surface area (Å²) in [5.41, 5.74) is 2.90. The van der Waals surface area contributed by atoms with Gasteiger partial charge in [0.25, 0.3) is 0 Å². The molecule has 0 spiro atoms. The Morgan fingerprint density at radius 1 is 1.14 bits per heavy atom. The second-order valence-electron chi connectivity index (χ2n) is 7.29. The fourth-order valence-corrected chi connectivity index (χ4v) is 3.47. The van der Waals surface area contributed by atoms with Crippen molar-refractivity contribution in [2.45, 2.75) is 13.0 Å². The molecule has 0 bridgehead atoms. The fourth-order valence-electron chi connectivity index (χ4n) is 3.47. The standard InChI is InChI=1S/C22H28N4O3/c1-25(22(28)29-2)15-17-8-10-19(11-9-17)24-21(27)23-14-18-12-13-26(16-18)20-6-4-3-5-7-20/h3-11,18H,12-16H2,1-2H3,(H2,23,24,27)/t18-/m1/s1. The van der Waals surface area contributed by atoms with Crippen LogP contribution in [-0.2, 0) is 11.3 Å². The van der Waals surface area contributed by atoms with Gasteiger partial charge in [0, 0.05) is 44.6 Å². The second-order valence-corrected chi connectivity index (χ2v) is 7.29. The van der Waals surface area contributed by atoms with Crippen LogP contribution in [0.25, 0.3) is 0 Å². The molecule has 154 valence electrons. The zero-order valence-electron chi connectivity index (χ0n) is 16.9. The van der Waals surface area contributed by atoms with Crippen molar-refractivity contribution in [3.63, 3.8) is 0 Å². The molecule has 2 aromatic carbocycles. The van der Waals surface area contributed by atoms with Gasteiger partial charge in [-0.1, -0.05) is 30.3 Å². The first-order chi connectivity index (χ1) is 14.0. The monoisotopic (exact) mass is 396 g/mol. The third-order valence-corrected chi connectivity index (χ3v) is 5.08. The first-order valence-electron chi connectivity index (χ1n) is 9.78. The predicted molar refractivity (Wildman–Crippen MR) is 114 cm³/mol. The smallest absolute Gasteiger partial charge is 0.409 e. The van der Waals surface area contributed by atoms with Crippen LogP contribution in [0.4, 0.5) is 21.0 Å². The third kappa shape index (κ3) is 5.88. The number of nitrogens with zero attached hydrogens (tertiary/aromatic N) is 2. The lowest BCUT2D eigenvalue weighted by atomic mass is 10.1. The number of carbonyl (C=O) groups is 2. The van der Waals surface area contributed by atoms with E-state index >= 15 is 0 Å². The molecule has 1 aliphatic heterocycles. The summed E-state index contributed by atoms with van der Waals surface area (Å²) in [6.45, 7) is 3.06. The van der Waals surface area contributed by atoms with Gasteiger partial charge in [0.2, 0.25) is 0 Å². The number of rotatable bonds is 6. The minimum absolute atomic E-state index is 0.206. The molecule has 2 aromatic rings. The van der Waals surface area contributed by atoms with Gasteiger partial charge in [-0.2, -0.15) is 0 Å². The molecule has 7 nitrogen and oxygen atoms in total. The van der Waals surface area contributed by atoms with Crippen molar-refractivity contribution in [2.75, 3.05) is 44.0 Å². The van der Waals surface area contributed by atoms with Gasteiger partial charge in [-0.05, 0) is 42.2 Å². The van der Waals surface area contributed by atoms with E-state index in [0.717, 1.165) is 25.1 Å². The largest absolute Gasteiger partial charge is 0.453 e. The number of hydrogen-bond acceptors (Lipinski definition) is 4. The minimum Gasteiger partial charge on any atom is -0.453 e. The van der Waals surface area contributed by atoms with Gasteiger partial charge in [-0.3, -0.25) is 0 Å². The molecule has 1 saturated heterocycles. The maximum Gasteiger partial charge on any atom is 0.409 e. The number of anilines is 2. The number of nitrogens with one attached hydrogen (secondary N) is 2. The zero-order chi connectivity index (χ0) is 20.6. The maximum absolute atomic E-state index is 12.2. The van der Waals surface area contributed by atoms with Gasteiger partial charge in [-0.25, -0.2) is 9.59 Å². The van der Waals surface area contributed by atoms with E-state index in [9.17, 15) is 9.59 Å². The van der Waals surface area contributed by atoms with Gasteiger partial charge in [0.15, 0.2) is 0 Å². The van der Waals surface area contributed by atoms with Crippen LogP contribution in [-0.4, -0.2) is 50.8 Å². The molecule has 3 rings (SSSR count). The Morgan fingerprint density at radius 3 is 2.55 bits per heavy atom. The van der Waals surface area contributed by atoms with Crippen LogP contribution < -0.4 is 15.5 Å². The molecule has 1 heterocycles. The van der Waals surface area contributed by atoms with E-state index in [1.807, 2.05) is 42.5 Å². The molecule has 29 heavy (non-hydrogen) atoms. The van der Waals surface area contributed by atoms with Crippen LogP contribution in [0.2, 0.25) is 0 Å². The number of para-hydroxylation sites is 1. The van der Waals surface area contributed by atoms with Crippen molar-refractivity contribution in [2.24, 2.45) is 5.92 Å². The van der Waals surface area contributed by atoms with Crippen LogP contribution in [0, 0.1) is 5.92 Å². The molecule has 0 aromatic heterocycles. The molecule has 1 atom stereocenters. The third-order valence-electron chi connectivity index (χ3n) is 5.08. The van der Waals surface area contributed by atoms with E-state index in [2.05, 4.69) is 32.4 Å². The summed E-state index contributed by atoms with van der Waals surface area (Å²) >= 11 is 0. The molecule has 2 N–H and O–H groups in total. The summed E-state index contributed by atoms with van der Waals surface area (Å²) in [7, 11) is 3.03. The summed E-state index contributed by atoms with van der Waals surface area (Å²) in [5.74, 6) is 0.442. The van der Waals surface area contributed by atoms with Crippen molar-refractivity contribution < 1.29 is 14.3 Å². The van der Waals surface area contributed by atoms with Crippen molar-refractivity contribution in [1.82, 2.24) is 10.2 Å². The average Bonchev–Trinajstić information content (AvgIpc) is 3.23. The maximum atomic E-state index is 12.2. The van der Waals surface area contributed by atoms with Crippen molar-refractivity contribution in [3.05, 3.63) is 60.2 Å². The van der Waals surface area contributed by atoms with Crippen LogP contribution in [0.15, 0.2) is 54.6 Å². The van der Waals surface area contributed by atoms with Crippen LogP contribution in [0.3, 0.4) is 0 Å². The fraction of sp³-hybridized carbons (Fsp3) is 0.364. The van der Waals surface area contributed by atoms with Crippen molar-refractivity contribution in [1.29, 1.82) is 0 Å². The molecule has 1 fully saturated rings. The van der Waals surface area contributed by atoms with Gasteiger partial charge in [-0.15, -0.1) is 0 Å². The topological polar surface area (TPSA) is 73.9 Å². The molecule has 1 aliphatic rings. The number of methoxy groups -OCH3 is 1. The summed E-state index contributed by atoms with van der Waals surface area (Å²) < 4.78 is 4.68. The molecule has 0 radical (unpaired) electrons. The lowest BCUT2D eigenvalue weighted by Crippen LogP contribution is -2.34. The SMILES string of the molecule is COC(=O)N(C)Cc1ccc(NC(=O)NC[C@H]2CCN(c3ccccc3)C2)cc1. The molecule has 3 amide bonds. The van der Waals surface area contributed by atoms with Crippen LogP contribution in [0.1, 0.15) is 12.0 Å².